The molecule has 0 aromatic heterocycles. The number of carbonyl (C=O) groups excluding carboxylic acids is 1. The summed E-state index contributed by atoms with van der Waals surface area (Å²) in [5.74, 6) is -0.396. The fourth-order valence-electron chi connectivity index (χ4n) is 1.78. The van der Waals surface area contributed by atoms with Gasteiger partial charge >= 0.3 is 0 Å². The Labute approximate surface area is 122 Å². The number of benzene rings is 1. The van der Waals surface area contributed by atoms with E-state index in [0.717, 1.165) is 30.4 Å². The molecule has 1 aromatic carbocycles. The van der Waals surface area contributed by atoms with Crippen molar-refractivity contribution in [3.8, 4) is 0 Å². The van der Waals surface area contributed by atoms with Crippen LogP contribution in [0.1, 0.15) is 32.3 Å². The maximum Gasteiger partial charge on any atom is 0.246 e. The molecule has 4 heteroatoms. The second-order valence-corrected chi connectivity index (χ2v) is 5.24. The minimum atomic E-state index is -0.329. The highest BCUT2D eigenvalue weighted by Crippen LogP contribution is 2.16. The minimum Gasteiger partial charge on any atom is -0.339 e. The number of nitrogens with zero attached hydrogens (tertiary/aromatic N) is 1. The second-order valence-electron chi connectivity index (χ2n) is 4.32. The van der Waals surface area contributed by atoms with Crippen molar-refractivity contribution in [2.45, 2.75) is 26.7 Å². The van der Waals surface area contributed by atoms with Gasteiger partial charge in [0.2, 0.25) is 5.91 Å². The van der Waals surface area contributed by atoms with Crippen molar-refractivity contribution in [1.29, 1.82) is 0 Å². The Kier molecular flexibility index (Phi) is 6.78. The summed E-state index contributed by atoms with van der Waals surface area (Å²) < 4.78 is 14.3. The van der Waals surface area contributed by atoms with Crippen LogP contribution in [0.4, 0.5) is 4.39 Å². The van der Waals surface area contributed by atoms with E-state index in [0.29, 0.717) is 5.56 Å². The molecule has 2 nitrogen and oxygen atoms in total. The molecule has 0 spiro atoms. The second kappa shape index (κ2) is 8.10. The maximum atomic E-state index is 13.5. The minimum absolute atomic E-state index is 0.0666. The van der Waals surface area contributed by atoms with Crippen LogP contribution in [-0.2, 0) is 4.79 Å². The summed E-state index contributed by atoms with van der Waals surface area (Å²) in [6.45, 7) is 5.54. The van der Waals surface area contributed by atoms with Crippen LogP contribution in [0.15, 0.2) is 28.7 Å². The molecule has 0 unspecified atom stereocenters. The Morgan fingerprint density at radius 3 is 2.53 bits per heavy atom. The zero-order valence-electron chi connectivity index (χ0n) is 11.3. The average Bonchev–Trinajstić information content (AvgIpc) is 2.39. The first kappa shape index (κ1) is 15.9. The first-order valence-corrected chi connectivity index (χ1v) is 7.29. The first-order valence-electron chi connectivity index (χ1n) is 6.50. The van der Waals surface area contributed by atoms with Gasteiger partial charge in [-0.05, 0) is 37.1 Å². The Balaban J connectivity index is 2.78. The van der Waals surface area contributed by atoms with Gasteiger partial charge in [-0.25, -0.2) is 4.39 Å². The standard InChI is InChI=1S/C15H19BrFNO/c1-3-9-18(10-4-2)15(19)8-5-12-11-13(16)6-7-14(12)17/h5-8,11H,3-4,9-10H2,1-2H3/b8-5+. The van der Waals surface area contributed by atoms with E-state index in [1.165, 1.54) is 18.2 Å². The summed E-state index contributed by atoms with van der Waals surface area (Å²) in [7, 11) is 0. The summed E-state index contributed by atoms with van der Waals surface area (Å²) in [6, 6.07) is 4.67. The first-order chi connectivity index (χ1) is 9.08. The lowest BCUT2D eigenvalue weighted by Gasteiger charge is -2.19. The third-order valence-electron chi connectivity index (χ3n) is 2.66. The number of halogens is 2. The highest BCUT2D eigenvalue weighted by atomic mass is 79.9. The Bertz CT molecular complexity index is 453. The van der Waals surface area contributed by atoms with Gasteiger partial charge < -0.3 is 4.90 Å². The van der Waals surface area contributed by atoms with Crippen molar-refractivity contribution in [1.82, 2.24) is 4.90 Å². The van der Waals surface area contributed by atoms with Crippen molar-refractivity contribution in [3.05, 3.63) is 40.1 Å². The van der Waals surface area contributed by atoms with Crippen LogP contribution in [0.5, 0.6) is 0 Å². The Hall–Kier alpha value is -1.16. The SMILES string of the molecule is CCCN(CCC)C(=O)/C=C/c1cc(Br)ccc1F. The molecule has 104 valence electrons. The third-order valence-corrected chi connectivity index (χ3v) is 3.16. The highest BCUT2D eigenvalue weighted by Gasteiger charge is 2.08. The molecule has 0 atom stereocenters. The lowest BCUT2D eigenvalue weighted by molar-refractivity contribution is -0.126. The molecular weight excluding hydrogens is 309 g/mol. The molecule has 0 aliphatic heterocycles. The van der Waals surface area contributed by atoms with Crippen molar-refractivity contribution < 1.29 is 9.18 Å². The van der Waals surface area contributed by atoms with Gasteiger partial charge in [-0.3, -0.25) is 4.79 Å². The number of carbonyl (C=O) groups is 1. The van der Waals surface area contributed by atoms with Crippen LogP contribution in [-0.4, -0.2) is 23.9 Å². The van der Waals surface area contributed by atoms with Crippen LogP contribution in [0.3, 0.4) is 0 Å². The van der Waals surface area contributed by atoms with Crippen LogP contribution in [0, 0.1) is 5.82 Å². The summed E-state index contributed by atoms with van der Waals surface area (Å²) in [4.78, 5) is 13.8. The summed E-state index contributed by atoms with van der Waals surface area (Å²) in [5.41, 5.74) is 0.413. The molecule has 1 amide bonds. The molecular formula is C15H19BrFNO. The third kappa shape index (κ3) is 5.15. The molecule has 0 radical (unpaired) electrons. The molecule has 0 bridgehead atoms. The Morgan fingerprint density at radius 2 is 1.95 bits per heavy atom. The molecule has 19 heavy (non-hydrogen) atoms. The predicted octanol–water partition coefficient (Wildman–Crippen LogP) is 4.25. The monoisotopic (exact) mass is 327 g/mol. The van der Waals surface area contributed by atoms with Crippen LogP contribution in [0.25, 0.3) is 6.08 Å². The van der Waals surface area contributed by atoms with E-state index in [-0.39, 0.29) is 11.7 Å². The molecule has 1 aromatic rings. The van der Waals surface area contributed by atoms with Crippen molar-refractivity contribution in [3.63, 3.8) is 0 Å². The van der Waals surface area contributed by atoms with Crippen molar-refractivity contribution in [2.75, 3.05) is 13.1 Å². The lowest BCUT2D eigenvalue weighted by Crippen LogP contribution is -2.30. The van der Waals surface area contributed by atoms with Gasteiger partial charge in [0.05, 0.1) is 0 Å². The number of rotatable bonds is 6. The smallest absolute Gasteiger partial charge is 0.246 e. The van der Waals surface area contributed by atoms with Gasteiger partial charge in [0, 0.05) is 29.2 Å². The summed E-state index contributed by atoms with van der Waals surface area (Å²) in [6.07, 6.45) is 4.81. The zero-order valence-corrected chi connectivity index (χ0v) is 12.9. The predicted molar refractivity (Wildman–Crippen MR) is 80.3 cm³/mol. The zero-order chi connectivity index (χ0) is 14.3. The van der Waals surface area contributed by atoms with E-state index in [1.807, 2.05) is 13.8 Å². The normalized spacial score (nSPS) is 10.9. The van der Waals surface area contributed by atoms with E-state index in [4.69, 9.17) is 0 Å². The molecule has 0 heterocycles. The van der Waals surface area contributed by atoms with E-state index < -0.39 is 0 Å². The topological polar surface area (TPSA) is 20.3 Å². The molecule has 0 aliphatic rings. The molecule has 0 aliphatic carbocycles. The molecule has 0 N–H and O–H groups in total. The van der Waals surface area contributed by atoms with E-state index in [2.05, 4.69) is 15.9 Å². The van der Waals surface area contributed by atoms with Gasteiger partial charge in [0.15, 0.2) is 0 Å². The number of hydrogen-bond donors (Lipinski definition) is 0. The molecule has 0 fully saturated rings. The van der Waals surface area contributed by atoms with E-state index in [9.17, 15) is 9.18 Å². The van der Waals surface area contributed by atoms with Crippen LogP contribution < -0.4 is 0 Å². The van der Waals surface area contributed by atoms with Gasteiger partial charge in [-0.15, -0.1) is 0 Å². The van der Waals surface area contributed by atoms with Gasteiger partial charge in [-0.2, -0.15) is 0 Å². The molecule has 0 saturated carbocycles. The Morgan fingerprint density at radius 1 is 1.32 bits per heavy atom. The van der Waals surface area contributed by atoms with Gasteiger partial charge in [-0.1, -0.05) is 29.8 Å². The number of amides is 1. The fraction of sp³-hybridized carbons (Fsp3) is 0.400. The summed E-state index contributed by atoms with van der Waals surface area (Å²) in [5, 5.41) is 0. The van der Waals surface area contributed by atoms with Crippen LogP contribution in [0.2, 0.25) is 0 Å². The molecule has 1 rings (SSSR count). The van der Waals surface area contributed by atoms with E-state index in [1.54, 1.807) is 17.0 Å². The van der Waals surface area contributed by atoms with Crippen molar-refractivity contribution >= 4 is 27.9 Å². The van der Waals surface area contributed by atoms with Crippen molar-refractivity contribution in [2.24, 2.45) is 0 Å². The number of hydrogen-bond acceptors (Lipinski definition) is 1. The highest BCUT2D eigenvalue weighted by molar-refractivity contribution is 9.10. The van der Waals surface area contributed by atoms with Gasteiger partial charge in [0.25, 0.3) is 0 Å². The maximum absolute atomic E-state index is 13.5. The molecule has 0 saturated heterocycles. The van der Waals surface area contributed by atoms with E-state index >= 15 is 0 Å². The van der Waals surface area contributed by atoms with Gasteiger partial charge in [0.1, 0.15) is 5.82 Å². The lowest BCUT2D eigenvalue weighted by atomic mass is 10.2. The average molecular weight is 328 g/mol. The largest absolute Gasteiger partial charge is 0.339 e. The fourth-order valence-corrected chi connectivity index (χ4v) is 2.16. The quantitative estimate of drug-likeness (QED) is 0.715. The summed E-state index contributed by atoms with van der Waals surface area (Å²) >= 11 is 3.29. The van der Waals surface area contributed by atoms with Crippen LogP contribution >= 0.6 is 15.9 Å².